The van der Waals surface area contributed by atoms with Crippen LogP contribution in [-0.4, -0.2) is 26.7 Å². The molecular weight excluding hydrogens is 208 g/mol. The summed E-state index contributed by atoms with van der Waals surface area (Å²) in [5, 5.41) is 3.48. The minimum atomic E-state index is 0.842. The van der Waals surface area contributed by atoms with Crippen LogP contribution < -0.4 is 10.2 Å². The van der Waals surface area contributed by atoms with Gasteiger partial charge in [-0.3, -0.25) is 0 Å². The average molecular weight is 232 g/mol. The second kappa shape index (κ2) is 6.06. The Balaban J connectivity index is 1.96. The lowest BCUT2D eigenvalue weighted by Gasteiger charge is -2.26. The van der Waals surface area contributed by atoms with Crippen molar-refractivity contribution in [2.75, 3.05) is 31.6 Å². The number of hydrogen-bond acceptors (Lipinski definition) is 2. The van der Waals surface area contributed by atoms with Crippen molar-refractivity contribution in [3.05, 3.63) is 29.8 Å². The SMILES string of the molecule is Cc1ccccc1N(C)CC1CCCNCC1. The van der Waals surface area contributed by atoms with Crippen LogP contribution in [0.5, 0.6) is 0 Å². The summed E-state index contributed by atoms with van der Waals surface area (Å²) < 4.78 is 0. The van der Waals surface area contributed by atoms with Crippen LogP contribution in [-0.2, 0) is 0 Å². The molecule has 2 rings (SSSR count). The summed E-state index contributed by atoms with van der Waals surface area (Å²) in [6.07, 6.45) is 4.01. The summed E-state index contributed by atoms with van der Waals surface area (Å²) in [6, 6.07) is 8.67. The minimum absolute atomic E-state index is 0.842. The number of aryl methyl sites for hydroxylation is 1. The third-order valence-corrected chi connectivity index (χ3v) is 3.75. The number of para-hydroxylation sites is 1. The second-order valence-corrected chi connectivity index (χ2v) is 5.21. The molecule has 0 amide bonds. The zero-order valence-corrected chi connectivity index (χ0v) is 11.1. The number of hydrogen-bond donors (Lipinski definition) is 1. The molecule has 0 radical (unpaired) electrons. The Kier molecular flexibility index (Phi) is 4.43. The maximum atomic E-state index is 3.48. The second-order valence-electron chi connectivity index (χ2n) is 5.21. The van der Waals surface area contributed by atoms with E-state index in [0.717, 1.165) is 5.92 Å². The molecule has 1 fully saturated rings. The van der Waals surface area contributed by atoms with Crippen molar-refractivity contribution >= 4 is 5.69 Å². The van der Waals surface area contributed by atoms with E-state index in [1.807, 2.05) is 0 Å². The van der Waals surface area contributed by atoms with E-state index in [-0.39, 0.29) is 0 Å². The molecule has 94 valence electrons. The van der Waals surface area contributed by atoms with Gasteiger partial charge in [-0.2, -0.15) is 0 Å². The summed E-state index contributed by atoms with van der Waals surface area (Å²) in [7, 11) is 2.22. The van der Waals surface area contributed by atoms with Gasteiger partial charge in [0, 0.05) is 19.3 Å². The monoisotopic (exact) mass is 232 g/mol. The predicted molar refractivity (Wildman–Crippen MR) is 74.7 cm³/mol. The Bertz CT molecular complexity index is 341. The van der Waals surface area contributed by atoms with E-state index in [4.69, 9.17) is 0 Å². The lowest BCUT2D eigenvalue weighted by Crippen LogP contribution is -2.26. The van der Waals surface area contributed by atoms with E-state index >= 15 is 0 Å². The molecule has 2 nitrogen and oxygen atoms in total. The summed E-state index contributed by atoms with van der Waals surface area (Å²) >= 11 is 0. The third kappa shape index (κ3) is 3.47. The molecule has 1 aromatic rings. The first-order chi connectivity index (χ1) is 8.27. The van der Waals surface area contributed by atoms with E-state index < -0.39 is 0 Å². The van der Waals surface area contributed by atoms with Crippen molar-refractivity contribution in [3.8, 4) is 0 Å². The van der Waals surface area contributed by atoms with Crippen LogP contribution in [0.3, 0.4) is 0 Å². The topological polar surface area (TPSA) is 15.3 Å². The van der Waals surface area contributed by atoms with Crippen molar-refractivity contribution in [1.29, 1.82) is 0 Å². The highest BCUT2D eigenvalue weighted by atomic mass is 15.1. The minimum Gasteiger partial charge on any atom is -0.374 e. The van der Waals surface area contributed by atoms with Gasteiger partial charge in [-0.15, -0.1) is 0 Å². The number of rotatable bonds is 3. The summed E-state index contributed by atoms with van der Waals surface area (Å²) in [5.41, 5.74) is 2.76. The Morgan fingerprint density at radius 3 is 2.88 bits per heavy atom. The normalized spacial score (nSPS) is 20.9. The summed E-state index contributed by atoms with van der Waals surface area (Å²) in [4.78, 5) is 2.42. The maximum absolute atomic E-state index is 3.48. The van der Waals surface area contributed by atoms with Crippen LogP contribution in [0.1, 0.15) is 24.8 Å². The van der Waals surface area contributed by atoms with Crippen LogP contribution in [0, 0.1) is 12.8 Å². The molecule has 2 heteroatoms. The Hall–Kier alpha value is -1.02. The van der Waals surface area contributed by atoms with Gasteiger partial charge in [0.15, 0.2) is 0 Å². The van der Waals surface area contributed by atoms with Crippen molar-refractivity contribution in [3.63, 3.8) is 0 Å². The molecule has 1 heterocycles. The average Bonchev–Trinajstić information content (AvgIpc) is 2.58. The predicted octanol–water partition coefficient (Wildman–Crippen LogP) is 2.82. The number of nitrogens with zero attached hydrogens (tertiary/aromatic N) is 1. The molecule has 0 spiro atoms. The van der Waals surface area contributed by atoms with Crippen molar-refractivity contribution in [2.24, 2.45) is 5.92 Å². The molecule has 17 heavy (non-hydrogen) atoms. The largest absolute Gasteiger partial charge is 0.374 e. The smallest absolute Gasteiger partial charge is 0.0393 e. The van der Waals surface area contributed by atoms with Gasteiger partial charge >= 0.3 is 0 Å². The molecule has 1 N–H and O–H groups in total. The molecule has 1 unspecified atom stereocenters. The lowest BCUT2D eigenvalue weighted by atomic mass is 10.00. The highest BCUT2D eigenvalue weighted by Crippen LogP contribution is 2.22. The van der Waals surface area contributed by atoms with Gasteiger partial charge in [0.2, 0.25) is 0 Å². The van der Waals surface area contributed by atoms with Crippen LogP contribution in [0.25, 0.3) is 0 Å². The summed E-state index contributed by atoms with van der Waals surface area (Å²) in [5.74, 6) is 0.842. The zero-order chi connectivity index (χ0) is 12.1. The van der Waals surface area contributed by atoms with Crippen molar-refractivity contribution in [2.45, 2.75) is 26.2 Å². The van der Waals surface area contributed by atoms with Gasteiger partial charge in [-0.1, -0.05) is 18.2 Å². The molecule has 0 bridgehead atoms. The fourth-order valence-corrected chi connectivity index (χ4v) is 2.75. The van der Waals surface area contributed by atoms with Gasteiger partial charge in [0.1, 0.15) is 0 Å². The van der Waals surface area contributed by atoms with E-state index in [9.17, 15) is 0 Å². The first-order valence-electron chi connectivity index (χ1n) is 6.75. The van der Waals surface area contributed by atoms with Gasteiger partial charge in [0.05, 0.1) is 0 Å². The Morgan fingerprint density at radius 2 is 2.06 bits per heavy atom. The molecule has 1 saturated heterocycles. The molecule has 0 aromatic heterocycles. The van der Waals surface area contributed by atoms with E-state index in [1.54, 1.807) is 0 Å². The molecule has 1 atom stereocenters. The highest BCUT2D eigenvalue weighted by molar-refractivity contribution is 5.52. The molecule has 0 aliphatic carbocycles. The fraction of sp³-hybridized carbons (Fsp3) is 0.600. The number of anilines is 1. The molecular formula is C15H24N2. The Morgan fingerprint density at radius 1 is 1.24 bits per heavy atom. The lowest BCUT2D eigenvalue weighted by molar-refractivity contribution is 0.474. The third-order valence-electron chi connectivity index (χ3n) is 3.75. The quantitative estimate of drug-likeness (QED) is 0.862. The van der Waals surface area contributed by atoms with Gasteiger partial charge in [-0.05, 0) is 56.8 Å². The van der Waals surface area contributed by atoms with Crippen LogP contribution in [0.4, 0.5) is 5.69 Å². The zero-order valence-electron chi connectivity index (χ0n) is 11.1. The van der Waals surface area contributed by atoms with Gasteiger partial charge < -0.3 is 10.2 Å². The van der Waals surface area contributed by atoms with E-state index in [2.05, 4.69) is 48.5 Å². The van der Waals surface area contributed by atoms with Crippen LogP contribution >= 0.6 is 0 Å². The molecule has 1 aliphatic heterocycles. The van der Waals surface area contributed by atoms with Gasteiger partial charge in [-0.25, -0.2) is 0 Å². The molecule has 1 aliphatic rings. The van der Waals surface area contributed by atoms with E-state index in [1.165, 1.54) is 50.1 Å². The first-order valence-corrected chi connectivity index (χ1v) is 6.75. The molecule has 0 saturated carbocycles. The van der Waals surface area contributed by atoms with Gasteiger partial charge in [0.25, 0.3) is 0 Å². The maximum Gasteiger partial charge on any atom is 0.0393 e. The standard InChI is InChI=1S/C15H24N2/c1-13-6-3-4-8-15(13)17(2)12-14-7-5-10-16-11-9-14/h3-4,6,8,14,16H,5,7,9-12H2,1-2H3. The fourth-order valence-electron chi connectivity index (χ4n) is 2.75. The van der Waals surface area contributed by atoms with Crippen molar-refractivity contribution in [1.82, 2.24) is 5.32 Å². The summed E-state index contributed by atoms with van der Waals surface area (Å²) in [6.45, 7) is 5.77. The van der Waals surface area contributed by atoms with Crippen LogP contribution in [0.2, 0.25) is 0 Å². The van der Waals surface area contributed by atoms with E-state index in [0.29, 0.717) is 0 Å². The Labute approximate surface area is 105 Å². The molecule has 1 aromatic carbocycles. The first kappa shape index (κ1) is 12.4. The van der Waals surface area contributed by atoms with Crippen molar-refractivity contribution < 1.29 is 0 Å². The highest BCUT2D eigenvalue weighted by Gasteiger charge is 2.14. The number of benzene rings is 1. The number of nitrogens with one attached hydrogen (secondary N) is 1. The van der Waals surface area contributed by atoms with Crippen LogP contribution in [0.15, 0.2) is 24.3 Å².